The van der Waals surface area contributed by atoms with Crippen LogP contribution in [0, 0.1) is 34.6 Å². The van der Waals surface area contributed by atoms with Crippen molar-refractivity contribution in [2.75, 3.05) is 0 Å². The quantitative estimate of drug-likeness (QED) is 0.128. The number of hydrogen-bond donors (Lipinski definition) is 0. The van der Waals surface area contributed by atoms with Crippen LogP contribution in [0.25, 0.3) is 132 Å². The highest BCUT2D eigenvalue weighted by molar-refractivity contribution is 6.96. The Bertz CT molecular complexity index is 5670. The van der Waals surface area contributed by atoms with E-state index in [0.717, 1.165) is 45.0 Å². The molecule has 0 amide bonds. The number of fused-ring (bicyclic) bond motifs is 13. The molecule has 0 aliphatic heterocycles. The topological polar surface area (TPSA) is 19.7 Å². The first kappa shape index (κ1) is 51.5. The smallest absolute Gasteiger partial charge is 0.242 e. The van der Waals surface area contributed by atoms with Crippen molar-refractivity contribution in [3.8, 4) is 45.0 Å². The average Bonchev–Trinajstić information content (AvgIpc) is 1.59. The van der Waals surface area contributed by atoms with Gasteiger partial charge in [0.2, 0.25) is 6.71 Å². The molecule has 88 heavy (non-hydrogen) atoms. The molecule has 0 saturated carbocycles. The second-order valence-corrected chi connectivity index (χ2v) is 24.4. The van der Waals surface area contributed by atoms with E-state index in [-0.39, 0.29) is 6.71 Å². The van der Waals surface area contributed by atoms with Gasteiger partial charge in [-0.1, -0.05) is 232 Å². The van der Waals surface area contributed by atoms with Crippen LogP contribution in [0.3, 0.4) is 0 Å². The minimum Gasteiger partial charge on any atom is -0.309 e. The lowest BCUT2D eigenvalue weighted by Crippen LogP contribution is -2.55. The molecular weight excluding hydrogens is 1060 g/mol. The van der Waals surface area contributed by atoms with Crippen LogP contribution in [0.15, 0.2) is 279 Å². The van der Waals surface area contributed by atoms with Crippen molar-refractivity contribution < 1.29 is 0 Å². The molecule has 4 nitrogen and oxygen atoms in total. The predicted molar refractivity (Wildman–Crippen MR) is 376 cm³/mol. The van der Waals surface area contributed by atoms with E-state index in [1.165, 1.54) is 131 Å². The molecule has 0 aliphatic carbocycles. The van der Waals surface area contributed by atoms with Crippen LogP contribution in [0.5, 0.6) is 0 Å². The number of nitrogens with zero attached hydrogens (tertiary/aromatic N) is 4. The van der Waals surface area contributed by atoms with Gasteiger partial charge in [-0.05, 0) is 148 Å². The number of aromatic nitrogens is 4. The van der Waals surface area contributed by atoms with E-state index in [9.17, 15) is 0 Å². The van der Waals surface area contributed by atoms with Crippen molar-refractivity contribution >= 4 is 110 Å². The number of rotatable bonds is 9. The summed E-state index contributed by atoms with van der Waals surface area (Å²) in [5.41, 5.74) is 29.0. The first-order valence-electron chi connectivity index (χ1n) is 30.8. The van der Waals surface area contributed by atoms with Gasteiger partial charge in [0.15, 0.2) is 0 Å². The summed E-state index contributed by atoms with van der Waals surface area (Å²) < 4.78 is 9.93. The van der Waals surface area contributed by atoms with Gasteiger partial charge in [0.05, 0.1) is 44.1 Å². The summed E-state index contributed by atoms with van der Waals surface area (Å²) in [6.45, 7) is 11.3. The van der Waals surface area contributed by atoms with Crippen LogP contribution in [-0.2, 0) is 0 Å². The average molecular weight is 1130 g/mol. The minimum absolute atomic E-state index is 0.0482. The molecule has 0 bridgehead atoms. The van der Waals surface area contributed by atoms with E-state index in [1.54, 1.807) is 0 Å². The van der Waals surface area contributed by atoms with Gasteiger partial charge in [-0.15, -0.1) is 0 Å². The van der Waals surface area contributed by atoms with E-state index in [1.807, 2.05) is 0 Å². The molecular formula is C83H61BN4. The zero-order valence-corrected chi connectivity index (χ0v) is 49.9. The molecule has 0 fully saturated rings. The van der Waals surface area contributed by atoms with Gasteiger partial charge in [0, 0.05) is 65.8 Å². The fourth-order valence-corrected chi connectivity index (χ4v) is 15.3. The molecule has 416 valence electrons. The molecule has 17 rings (SSSR count). The molecule has 0 radical (unpaired) electrons. The Hall–Kier alpha value is -10.9. The van der Waals surface area contributed by atoms with Gasteiger partial charge in [-0.25, -0.2) is 0 Å². The van der Waals surface area contributed by atoms with Crippen LogP contribution in [0.4, 0.5) is 0 Å². The Morgan fingerprint density at radius 2 is 0.648 bits per heavy atom. The van der Waals surface area contributed by atoms with E-state index in [2.05, 4.69) is 332 Å². The molecule has 0 atom stereocenters. The lowest BCUT2D eigenvalue weighted by Gasteiger charge is -2.24. The number of aryl methyl sites for hydroxylation is 5. The summed E-state index contributed by atoms with van der Waals surface area (Å²) in [6.07, 6.45) is 0. The van der Waals surface area contributed by atoms with Crippen molar-refractivity contribution in [3.05, 3.63) is 307 Å². The summed E-state index contributed by atoms with van der Waals surface area (Å²) >= 11 is 0. The summed E-state index contributed by atoms with van der Waals surface area (Å²) in [5.74, 6) is 0. The molecule has 0 unspecified atom stereocenters. The van der Waals surface area contributed by atoms with Crippen LogP contribution in [0.1, 0.15) is 27.8 Å². The van der Waals surface area contributed by atoms with Crippen LogP contribution in [-0.4, -0.2) is 25.0 Å². The maximum Gasteiger partial charge on any atom is 0.242 e. The Morgan fingerprint density at radius 3 is 1.16 bits per heavy atom. The van der Waals surface area contributed by atoms with Crippen molar-refractivity contribution in [2.45, 2.75) is 34.6 Å². The Kier molecular flexibility index (Phi) is 11.8. The fraction of sp³-hybridized carbons (Fsp3) is 0.0602. The summed E-state index contributed by atoms with van der Waals surface area (Å²) in [5, 5.41) is 9.89. The van der Waals surface area contributed by atoms with E-state index >= 15 is 0 Å². The lowest BCUT2D eigenvalue weighted by molar-refractivity contribution is 1.15. The fourth-order valence-electron chi connectivity index (χ4n) is 15.3. The van der Waals surface area contributed by atoms with Gasteiger partial charge >= 0.3 is 0 Å². The largest absolute Gasteiger partial charge is 0.309 e. The molecule has 0 saturated heterocycles. The zero-order valence-electron chi connectivity index (χ0n) is 49.9. The second kappa shape index (κ2) is 20.1. The number of para-hydroxylation sites is 6. The first-order valence-corrected chi connectivity index (χ1v) is 30.8. The monoisotopic (exact) mass is 1120 g/mol. The van der Waals surface area contributed by atoms with Gasteiger partial charge < -0.3 is 18.3 Å². The van der Waals surface area contributed by atoms with E-state index < -0.39 is 0 Å². The molecule has 0 spiro atoms. The lowest BCUT2D eigenvalue weighted by atomic mass is 9.34. The minimum atomic E-state index is -0.0482. The van der Waals surface area contributed by atoms with E-state index in [4.69, 9.17) is 0 Å². The summed E-state index contributed by atoms with van der Waals surface area (Å²) in [6, 6.07) is 105. The maximum absolute atomic E-state index is 2.53. The number of hydrogen-bond acceptors (Lipinski definition) is 0. The van der Waals surface area contributed by atoms with Gasteiger partial charge in [0.1, 0.15) is 0 Å². The first-order chi connectivity index (χ1) is 43.2. The zero-order chi connectivity index (χ0) is 58.9. The summed E-state index contributed by atoms with van der Waals surface area (Å²) in [7, 11) is 0. The van der Waals surface area contributed by atoms with Gasteiger partial charge in [0.25, 0.3) is 0 Å². The standard InChI is InChI=1S/C83H61BN4/c1-52-38-41-74(54(3)42-52)84(81-55(4)43-53(2)44-56(81)5)61-46-59(57-22-20-28-64(48-57)86-76-35-17-15-33-69(76)73-50-72-68-32-14-16-34-75(68)85(79(72)51-80(73)86)62-24-8-6-9-25-62)45-60(47-61)58-23-21-29-65(49-58)88-78-37-19-13-31-67(78)71-40-39-70-66-30-12-18-36-77(66)87(82(70)83(71)88)63-26-10-7-11-27-63/h6-51H,1-5H3. The predicted octanol–water partition coefficient (Wildman–Crippen LogP) is 19.5. The third kappa shape index (κ3) is 8.00. The molecule has 4 heterocycles. The Labute approximate surface area is 512 Å². The van der Waals surface area contributed by atoms with Crippen LogP contribution < -0.4 is 16.4 Å². The van der Waals surface area contributed by atoms with Gasteiger partial charge in [-0.3, -0.25) is 0 Å². The molecule has 0 aliphatic rings. The molecule has 4 aromatic heterocycles. The molecule has 13 aromatic carbocycles. The van der Waals surface area contributed by atoms with E-state index in [0.29, 0.717) is 0 Å². The number of benzene rings is 13. The molecule has 0 N–H and O–H groups in total. The van der Waals surface area contributed by atoms with Crippen LogP contribution >= 0.6 is 0 Å². The van der Waals surface area contributed by atoms with Crippen molar-refractivity contribution in [1.82, 2.24) is 18.3 Å². The maximum atomic E-state index is 2.53. The molecule has 5 heteroatoms. The molecule has 17 aromatic rings. The van der Waals surface area contributed by atoms with Gasteiger partial charge in [-0.2, -0.15) is 0 Å². The third-order valence-corrected chi connectivity index (χ3v) is 18.9. The Balaban J connectivity index is 0.912. The highest BCUT2D eigenvalue weighted by Gasteiger charge is 2.29. The van der Waals surface area contributed by atoms with Crippen LogP contribution in [0.2, 0.25) is 0 Å². The van der Waals surface area contributed by atoms with Crippen molar-refractivity contribution in [1.29, 1.82) is 0 Å². The van der Waals surface area contributed by atoms with Crippen molar-refractivity contribution in [3.63, 3.8) is 0 Å². The highest BCUT2D eigenvalue weighted by atomic mass is 15.0. The normalized spacial score (nSPS) is 11.9. The SMILES string of the molecule is Cc1ccc(B(c2cc(-c3cccc(-n4c5ccccc5c5cc6c7ccccc7n(-c7ccccc7)c6cc54)c3)cc(-c3cccc(-n4c5ccccc5c5ccc6c7ccccc7n(-c7ccccc7)c6c54)c3)c2)c2c(C)cc(C)cc2C)c(C)c1. The highest BCUT2D eigenvalue weighted by Crippen LogP contribution is 2.44. The summed E-state index contributed by atoms with van der Waals surface area (Å²) in [4.78, 5) is 0. The second-order valence-electron chi connectivity index (χ2n) is 24.4. The Morgan fingerprint density at radius 1 is 0.239 bits per heavy atom. The third-order valence-electron chi connectivity index (χ3n) is 18.9. The van der Waals surface area contributed by atoms with Crippen molar-refractivity contribution in [2.24, 2.45) is 0 Å².